The largest absolute Gasteiger partial charge is 0.350 e. The molecule has 0 N–H and O–H groups in total. The molecule has 1 saturated heterocycles. The standard InChI is InChI=1S/C17H22N2O2/c1-2-5-16(6-3-1)7-8-17(20-13-4-14-21-17)9-11-19-12-10-18-15-19/h1-3,5-6,10,12,15H,4,7-9,11,13-14H2. The van der Waals surface area contributed by atoms with Gasteiger partial charge in [-0.3, -0.25) is 0 Å². The highest BCUT2D eigenvalue weighted by molar-refractivity contribution is 5.14. The molecule has 0 radical (unpaired) electrons. The summed E-state index contributed by atoms with van der Waals surface area (Å²) >= 11 is 0. The van der Waals surface area contributed by atoms with E-state index in [1.807, 2.05) is 18.6 Å². The van der Waals surface area contributed by atoms with Gasteiger partial charge in [0.05, 0.1) is 19.5 Å². The summed E-state index contributed by atoms with van der Waals surface area (Å²) in [6, 6.07) is 10.5. The fourth-order valence-electron chi connectivity index (χ4n) is 2.73. The molecule has 2 aromatic rings. The first-order valence-electron chi connectivity index (χ1n) is 7.64. The van der Waals surface area contributed by atoms with E-state index in [0.29, 0.717) is 0 Å². The van der Waals surface area contributed by atoms with Crippen LogP contribution in [0.3, 0.4) is 0 Å². The van der Waals surface area contributed by atoms with E-state index in [1.54, 1.807) is 6.20 Å². The number of aromatic nitrogens is 2. The average molecular weight is 286 g/mol. The van der Waals surface area contributed by atoms with Crippen LogP contribution in [0, 0.1) is 0 Å². The van der Waals surface area contributed by atoms with Crippen molar-refractivity contribution in [3.05, 3.63) is 54.6 Å². The van der Waals surface area contributed by atoms with Crippen molar-refractivity contribution in [3.63, 3.8) is 0 Å². The van der Waals surface area contributed by atoms with Crippen molar-refractivity contribution < 1.29 is 9.47 Å². The fraction of sp³-hybridized carbons (Fsp3) is 0.471. The Morgan fingerprint density at radius 3 is 2.62 bits per heavy atom. The van der Waals surface area contributed by atoms with Crippen molar-refractivity contribution in [3.8, 4) is 0 Å². The molecule has 1 aromatic heterocycles. The van der Waals surface area contributed by atoms with Gasteiger partial charge in [-0.15, -0.1) is 0 Å². The van der Waals surface area contributed by atoms with Crippen molar-refractivity contribution in [2.75, 3.05) is 13.2 Å². The summed E-state index contributed by atoms with van der Waals surface area (Å²) in [4.78, 5) is 4.08. The van der Waals surface area contributed by atoms with E-state index in [4.69, 9.17) is 9.47 Å². The van der Waals surface area contributed by atoms with E-state index < -0.39 is 5.79 Å². The number of benzene rings is 1. The number of nitrogens with zero attached hydrogens (tertiary/aromatic N) is 2. The molecule has 112 valence electrons. The summed E-state index contributed by atoms with van der Waals surface area (Å²) in [5.74, 6) is -0.446. The highest BCUT2D eigenvalue weighted by Crippen LogP contribution is 2.29. The first kappa shape index (κ1) is 14.3. The second-order valence-electron chi connectivity index (χ2n) is 5.50. The van der Waals surface area contributed by atoms with E-state index in [1.165, 1.54) is 5.56 Å². The molecule has 0 aliphatic carbocycles. The zero-order valence-electron chi connectivity index (χ0n) is 12.3. The predicted molar refractivity (Wildman–Crippen MR) is 80.9 cm³/mol. The molecule has 0 spiro atoms. The van der Waals surface area contributed by atoms with Gasteiger partial charge in [0.25, 0.3) is 0 Å². The second kappa shape index (κ2) is 6.87. The van der Waals surface area contributed by atoms with Gasteiger partial charge in [-0.05, 0) is 18.4 Å². The van der Waals surface area contributed by atoms with Crippen molar-refractivity contribution in [1.29, 1.82) is 0 Å². The smallest absolute Gasteiger partial charge is 0.170 e. The van der Waals surface area contributed by atoms with Gasteiger partial charge in [0.1, 0.15) is 0 Å². The maximum atomic E-state index is 6.03. The highest BCUT2D eigenvalue weighted by Gasteiger charge is 2.33. The molecule has 2 heterocycles. The van der Waals surface area contributed by atoms with Crippen LogP contribution in [0.15, 0.2) is 49.1 Å². The molecule has 1 aromatic carbocycles. The Morgan fingerprint density at radius 2 is 1.90 bits per heavy atom. The molecule has 0 bridgehead atoms. The molecular formula is C17H22N2O2. The van der Waals surface area contributed by atoms with E-state index in [2.05, 4.69) is 33.8 Å². The van der Waals surface area contributed by atoms with Gasteiger partial charge >= 0.3 is 0 Å². The monoisotopic (exact) mass is 286 g/mol. The first-order chi connectivity index (χ1) is 10.4. The number of imidazole rings is 1. The van der Waals surface area contributed by atoms with E-state index in [0.717, 1.165) is 45.4 Å². The van der Waals surface area contributed by atoms with Gasteiger partial charge in [-0.1, -0.05) is 30.3 Å². The van der Waals surface area contributed by atoms with E-state index in [-0.39, 0.29) is 0 Å². The van der Waals surface area contributed by atoms with Crippen LogP contribution in [-0.4, -0.2) is 28.6 Å². The van der Waals surface area contributed by atoms with E-state index in [9.17, 15) is 0 Å². The molecular weight excluding hydrogens is 264 g/mol. The normalized spacial score (nSPS) is 17.7. The Labute approximate surface area is 125 Å². The first-order valence-corrected chi connectivity index (χ1v) is 7.64. The molecule has 0 saturated carbocycles. The molecule has 21 heavy (non-hydrogen) atoms. The van der Waals surface area contributed by atoms with Crippen LogP contribution >= 0.6 is 0 Å². The van der Waals surface area contributed by atoms with Crippen molar-refractivity contribution >= 4 is 0 Å². The summed E-state index contributed by atoms with van der Waals surface area (Å²) in [5, 5.41) is 0. The van der Waals surface area contributed by atoms with Crippen molar-refractivity contribution in [2.45, 2.75) is 38.0 Å². The molecule has 0 atom stereocenters. The van der Waals surface area contributed by atoms with Crippen LogP contribution in [0.25, 0.3) is 0 Å². The SMILES string of the molecule is c1ccc(CCC2(CCn3ccnc3)OCCCO2)cc1. The number of aryl methyl sites for hydroxylation is 2. The van der Waals surface area contributed by atoms with Crippen molar-refractivity contribution in [2.24, 2.45) is 0 Å². The molecule has 0 amide bonds. The van der Waals surface area contributed by atoms with Gasteiger partial charge in [-0.25, -0.2) is 4.98 Å². The third-order valence-electron chi connectivity index (χ3n) is 3.97. The Hall–Kier alpha value is -1.65. The fourth-order valence-corrected chi connectivity index (χ4v) is 2.73. The minimum atomic E-state index is -0.446. The van der Waals surface area contributed by atoms with Crippen LogP contribution in [0.1, 0.15) is 24.8 Å². The lowest BCUT2D eigenvalue weighted by Gasteiger charge is -2.37. The van der Waals surface area contributed by atoms with Gasteiger partial charge in [0.15, 0.2) is 5.79 Å². The van der Waals surface area contributed by atoms with Crippen LogP contribution in [0.5, 0.6) is 0 Å². The van der Waals surface area contributed by atoms with E-state index >= 15 is 0 Å². The molecule has 1 aliphatic heterocycles. The minimum absolute atomic E-state index is 0.446. The summed E-state index contributed by atoms with van der Waals surface area (Å²) in [5.41, 5.74) is 1.33. The van der Waals surface area contributed by atoms with Crippen molar-refractivity contribution in [1.82, 2.24) is 9.55 Å². The highest BCUT2D eigenvalue weighted by atomic mass is 16.7. The molecule has 0 unspecified atom stereocenters. The van der Waals surface area contributed by atoms with Crippen LogP contribution in [0.4, 0.5) is 0 Å². The predicted octanol–water partition coefficient (Wildman–Crippen LogP) is 3.04. The van der Waals surface area contributed by atoms with Crippen LogP contribution < -0.4 is 0 Å². The molecule has 1 fully saturated rings. The number of hydrogen-bond acceptors (Lipinski definition) is 3. The average Bonchev–Trinajstić information content (AvgIpc) is 3.07. The van der Waals surface area contributed by atoms with Gasteiger partial charge < -0.3 is 14.0 Å². The Bertz CT molecular complexity index is 519. The van der Waals surface area contributed by atoms with Gasteiger partial charge in [-0.2, -0.15) is 0 Å². The maximum Gasteiger partial charge on any atom is 0.170 e. The lowest BCUT2D eigenvalue weighted by Crippen LogP contribution is -2.42. The number of ether oxygens (including phenoxy) is 2. The molecule has 4 nitrogen and oxygen atoms in total. The Balaban J connectivity index is 1.62. The molecule has 1 aliphatic rings. The maximum absolute atomic E-state index is 6.03. The third-order valence-corrected chi connectivity index (χ3v) is 3.97. The number of hydrogen-bond donors (Lipinski definition) is 0. The van der Waals surface area contributed by atoms with Crippen LogP contribution in [0.2, 0.25) is 0 Å². The molecule has 4 heteroatoms. The quantitative estimate of drug-likeness (QED) is 0.819. The van der Waals surface area contributed by atoms with Crippen LogP contribution in [-0.2, 0) is 22.4 Å². The van der Waals surface area contributed by atoms with Gasteiger partial charge in [0, 0.05) is 31.8 Å². The second-order valence-corrected chi connectivity index (χ2v) is 5.50. The summed E-state index contributed by atoms with van der Waals surface area (Å²) < 4.78 is 14.1. The zero-order valence-corrected chi connectivity index (χ0v) is 12.3. The lowest BCUT2D eigenvalue weighted by atomic mass is 10.0. The summed E-state index contributed by atoms with van der Waals surface area (Å²) in [7, 11) is 0. The Kier molecular flexibility index (Phi) is 4.68. The summed E-state index contributed by atoms with van der Waals surface area (Å²) in [6.07, 6.45) is 9.34. The zero-order chi connectivity index (χ0) is 14.4. The third kappa shape index (κ3) is 3.93. The lowest BCUT2D eigenvalue weighted by molar-refractivity contribution is -0.274. The van der Waals surface area contributed by atoms with Gasteiger partial charge in [0.2, 0.25) is 0 Å². The topological polar surface area (TPSA) is 36.3 Å². The minimum Gasteiger partial charge on any atom is -0.350 e. The number of rotatable bonds is 6. The summed E-state index contributed by atoms with van der Waals surface area (Å²) in [6.45, 7) is 2.45. The molecule has 3 rings (SSSR count). The Morgan fingerprint density at radius 1 is 1.10 bits per heavy atom.